The average molecular weight is 318 g/mol. The Morgan fingerprint density at radius 3 is 2.54 bits per heavy atom. The van der Waals surface area contributed by atoms with E-state index in [0.717, 1.165) is 22.3 Å². The predicted octanol–water partition coefficient (Wildman–Crippen LogP) is 3.09. The third-order valence-corrected chi connectivity index (χ3v) is 3.88. The molecule has 2 N–H and O–H groups in total. The third-order valence-electron chi connectivity index (χ3n) is 3.88. The van der Waals surface area contributed by atoms with Crippen LogP contribution in [0.15, 0.2) is 59.1 Å². The fraction of sp³-hybridized carbons (Fsp3) is 0.0556. The SMILES string of the molecule is Cc1nc(-c2cc3ccccc3n2-c2ccc(C(N)=O)cc2)no1. The summed E-state index contributed by atoms with van der Waals surface area (Å²) in [6, 6.07) is 17.1. The summed E-state index contributed by atoms with van der Waals surface area (Å²) in [5, 5.41) is 5.10. The minimum atomic E-state index is -0.451. The topological polar surface area (TPSA) is 86.9 Å². The van der Waals surface area contributed by atoms with Crippen LogP contribution in [0.3, 0.4) is 0 Å². The van der Waals surface area contributed by atoms with Gasteiger partial charge in [0.15, 0.2) is 0 Å². The maximum Gasteiger partial charge on any atom is 0.248 e. The summed E-state index contributed by atoms with van der Waals surface area (Å²) < 4.78 is 7.15. The Balaban J connectivity index is 1.97. The lowest BCUT2D eigenvalue weighted by molar-refractivity contribution is 0.100. The molecule has 0 unspecified atom stereocenters. The van der Waals surface area contributed by atoms with Crippen molar-refractivity contribution in [2.24, 2.45) is 5.73 Å². The minimum Gasteiger partial charge on any atom is -0.366 e. The molecule has 2 aromatic heterocycles. The highest BCUT2D eigenvalue weighted by Gasteiger charge is 2.16. The number of aryl methyl sites for hydroxylation is 1. The van der Waals surface area contributed by atoms with Gasteiger partial charge in [0.1, 0.15) is 0 Å². The molecular formula is C18H14N4O2. The fourth-order valence-corrected chi connectivity index (χ4v) is 2.78. The van der Waals surface area contributed by atoms with Crippen molar-refractivity contribution >= 4 is 16.8 Å². The summed E-state index contributed by atoms with van der Waals surface area (Å²) >= 11 is 0. The normalized spacial score (nSPS) is 11.0. The molecule has 0 spiro atoms. The number of rotatable bonds is 3. The Morgan fingerprint density at radius 1 is 1.12 bits per heavy atom. The van der Waals surface area contributed by atoms with Crippen molar-refractivity contribution in [3.05, 3.63) is 66.1 Å². The monoisotopic (exact) mass is 318 g/mol. The molecule has 6 nitrogen and oxygen atoms in total. The van der Waals surface area contributed by atoms with Crippen LogP contribution in [0.5, 0.6) is 0 Å². The van der Waals surface area contributed by atoms with Gasteiger partial charge in [0.05, 0.1) is 11.2 Å². The molecule has 0 fully saturated rings. The van der Waals surface area contributed by atoms with Crippen LogP contribution in [-0.4, -0.2) is 20.6 Å². The number of nitrogens with two attached hydrogens (primary N) is 1. The standard InChI is InChI=1S/C18H14N4O2/c1-11-20-18(21-24-11)16-10-13-4-2-3-5-15(13)22(16)14-8-6-12(7-9-14)17(19)23/h2-10H,1H3,(H2,19,23). The molecule has 4 rings (SSSR count). The molecule has 2 aromatic carbocycles. The van der Waals surface area contributed by atoms with Gasteiger partial charge in [-0.25, -0.2) is 0 Å². The molecule has 0 atom stereocenters. The molecule has 0 aliphatic heterocycles. The lowest BCUT2D eigenvalue weighted by Crippen LogP contribution is -2.10. The van der Waals surface area contributed by atoms with Crippen LogP contribution in [0.25, 0.3) is 28.1 Å². The number of carbonyl (C=O) groups is 1. The van der Waals surface area contributed by atoms with Crippen molar-refractivity contribution in [1.29, 1.82) is 0 Å². The van der Waals surface area contributed by atoms with Gasteiger partial charge in [-0.2, -0.15) is 4.98 Å². The first kappa shape index (κ1) is 14.2. The van der Waals surface area contributed by atoms with E-state index in [0.29, 0.717) is 17.3 Å². The molecule has 0 aliphatic rings. The highest BCUT2D eigenvalue weighted by molar-refractivity contribution is 5.93. The van der Waals surface area contributed by atoms with Crippen molar-refractivity contribution in [3.8, 4) is 17.2 Å². The van der Waals surface area contributed by atoms with Crippen LogP contribution < -0.4 is 5.73 Å². The zero-order valence-electron chi connectivity index (χ0n) is 12.9. The Kier molecular flexibility index (Phi) is 3.16. The molecule has 6 heteroatoms. The number of benzene rings is 2. The van der Waals surface area contributed by atoms with Crippen LogP contribution in [0, 0.1) is 6.92 Å². The highest BCUT2D eigenvalue weighted by Crippen LogP contribution is 2.30. The van der Waals surface area contributed by atoms with E-state index in [1.165, 1.54) is 0 Å². The van der Waals surface area contributed by atoms with E-state index >= 15 is 0 Å². The summed E-state index contributed by atoms with van der Waals surface area (Å²) in [6.45, 7) is 1.76. The molecule has 4 aromatic rings. The van der Waals surface area contributed by atoms with Crippen LogP contribution in [0.4, 0.5) is 0 Å². The number of hydrogen-bond acceptors (Lipinski definition) is 4. The number of nitrogens with zero attached hydrogens (tertiary/aromatic N) is 3. The summed E-state index contributed by atoms with van der Waals surface area (Å²) in [7, 11) is 0. The molecule has 0 radical (unpaired) electrons. The second kappa shape index (κ2) is 5.34. The van der Waals surface area contributed by atoms with E-state index in [1.807, 2.05) is 47.0 Å². The number of carbonyl (C=O) groups excluding carboxylic acids is 1. The van der Waals surface area contributed by atoms with Crippen molar-refractivity contribution in [3.63, 3.8) is 0 Å². The van der Waals surface area contributed by atoms with Crippen molar-refractivity contribution < 1.29 is 9.32 Å². The molecule has 0 bridgehead atoms. The second-order valence-corrected chi connectivity index (χ2v) is 5.47. The maximum absolute atomic E-state index is 11.3. The van der Waals surface area contributed by atoms with E-state index in [1.54, 1.807) is 19.1 Å². The maximum atomic E-state index is 11.3. The van der Waals surface area contributed by atoms with Crippen LogP contribution >= 0.6 is 0 Å². The minimum absolute atomic E-state index is 0.451. The summed E-state index contributed by atoms with van der Waals surface area (Å²) in [5.41, 5.74) is 8.51. The second-order valence-electron chi connectivity index (χ2n) is 5.47. The Bertz CT molecular complexity index is 1040. The van der Waals surface area contributed by atoms with Gasteiger partial charge in [0, 0.05) is 23.6 Å². The van der Waals surface area contributed by atoms with Crippen LogP contribution in [-0.2, 0) is 0 Å². The number of aromatic nitrogens is 3. The van der Waals surface area contributed by atoms with Gasteiger partial charge in [-0.1, -0.05) is 23.4 Å². The summed E-state index contributed by atoms with van der Waals surface area (Å²) in [6.07, 6.45) is 0. The molecular weight excluding hydrogens is 304 g/mol. The molecule has 0 saturated carbocycles. The average Bonchev–Trinajstić information content (AvgIpc) is 3.18. The van der Waals surface area contributed by atoms with Gasteiger partial charge < -0.3 is 14.8 Å². The molecule has 24 heavy (non-hydrogen) atoms. The van der Waals surface area contributed by atoms with Crippen molar-refractivity contribution in [2.75, 3.05) is 0 Å². The zero-order valence-corrected chi connectivity index (χ0v) is 12.9. The van der Waals surface area contributed by atoms with E-state index in [9.17, 15) is 4.79 Å². The smallest absolute Gasteiger partial charge is 0.248 e. The first-order valence-electron chi connectivity index (χ1n) is 7.45. The summed E-state index contributed by atoms with van der Waals surface area (Å²) in [5.74, 6) is 0.571. The lowest BCUT2D eigenvalue weighted by Gasteiger charge is -2.09. The van der Waals surface area contributed by atoms with E-state index in [4.69, 9.17) is 10.3 Å². The van der Waals surface area contributed by atoms with Gasteiger partial charge >= 0.3 is 0 Å². The van der Waals surface area contributed by atoms with Crippen LogP contribution in [0.2, 0.25) is 0 Å². The molecule has 0 saturated heterocycles. The zero-order chi connectivity index (χ0) is 16.7. The van der Waals surface area contributed by atoms with Gasteiger partial charge in [-0.15, -0.1) is 0 Å². The lowest BCUT2D eigenvalue weighted by atomic mass is 10.2. The fourth-order valence-electron chi connectivity index (χ4n) is 2.78. The van der Waals surface area contributed by atoms with Gasteiger partial charge in [-0.05, 0) is 36.4 Å². The number of para-hydroxylation sites is 1. The van der Waals surface area contributed by atoms with Gasteiger partial charge in [-0.3, -0.25) is 4.79 Å². The summed E-state index contributed by atoms with van der Waals surface area (Å²) in [4.78, 5) is 15.6. The molecule has 118 valence electrons. The molecule has 2 heterocycles. The first-order chi connectivity index (χ1) is 11.6. The molecule has 0 aliphatic carbocycles. The number of fused-ring (bicyclic) bond motifs is 1. The molecule has 1 amide bonds. The van der Waals surface area contributed by atoms with Crippen molar-refractivity contribution in [1.82, 2.24) is 14.7 Å². The first-order valence-corrected chi connectivity index (χ1v) is 7.45. The van der Waals surface area contributed by atoms with E-state index in [2.05, 4.69) is 10.1 Å². The van der Waals surface area contributed by atoms with Crippen molar-refractivity contribution in [2.45, 2.75) is 6.92 Å². The largest absolute Gasteiger partial charge is 0.366 e. The Hall–Kier alpha value is -3.41. The third kappa shape index (κ3) is 2.25. The number of hydrogen-bond donors (Lipinski definition) is 1. The Labute approximate surface area is 137 Å². The number of amides is 1. The Morgan fingerprint density at radius 2 is 1.88 bits per heavy atom. The highest BCUT2D eigenvalue weighted by atomic mass is 16.5. The van der Waals surface area contributed by atoms with E-state index < -0.39 is 5.91 Å². The van der Waals surface area contributed by atoms with Gasteiger partial charge in [0.25, 0.3) is 0 Å². The quantitative estimate of drug-likeness (QED) is 0.629. The van der Waals surface area contributed by atoms with Gasteiger partial charge in [0.2, 0.25) is 17.6 Å². The number of primary amides is 1. The van der Waals surface area contributed by atoms with E-state index in [-0.39, 0.29) is 0 Å². The predicted molar refractivity (Wildman–Crippen MR) is 89.8 cm³/mol. The van der Waals surface area contributed by atoms with Crippen LogP contribution in [0.1, 0.15) is 16.2 Å².